The van der Waals surface area contributed by atoms with Gasteiger partial charge in [0.1, 0.15) is 5.82 Å². The fraction of sp³-hybridized carbons (Fsp3) is 0.708. The van der Waals surface area contributed by atoms with Crippen LogP contribution < -0.4 is 9.80 Å². The van der Waals surface area contributed by atoms with E-state index in [1.165, 1.54) is 4.90 Å². The van der Waals surface area contributed by atoms with Gasteiger partial charge < -0.3 is 20.0 Å². The first-order valence-corrected chi connectivity index (χ1v) is 12.1. The van der Waals surface area contributed by atoms with Crippen LogP contribution in [0.25, 0.3) is 0 Å². The van der Waals surface area contributed by atoms with Crippen LogP contribution in [0.3, 0.4) is 0 Å². The number of carbonyl (C=O) groups excluding carboxylic acids is 1. The summed E-state index contributed by atoms with van der Waals surface area (Å²) < 4.78 is 0. The number of rotatable bonds is 5. The maximum absolute atomic E-state index is 13.6. The van der Waals surface area contributed by atoms with Crippen LogP contribution in [0.5, 0.6) is 0 Å². The van der Waals surface area contributed by atoms with Crippen molar-refractivity contribution in [1.82, 2.24) is 9.88 Å². The molecule has 3 aliphatic rings. The van der Waals surface area contributed by atoms with Gasteiger partial charge in [-0.05, 0) is 69.9 Å². The molecule has 2 N–H and O–H groups in total. The zero-order chi connectivity index (χ0) is 22.9. The van der Waals surface area contributed by atoms with Gasteiger partial charge in [-0.3, -0.25) is 9.69 Å². The molecule has 1 aromatic heterocycles. The van der Waals surface area contributed by atoms with E-state index in [9.17, 15) is 19.8 Å². The summed E-state index contributed by atoms with van der Waals surface area (Å²) in [4.78, 5) is 35.5. The van der Waals surface area contributed by atoms with Crippen molar-refractivity contribution in [2.24, 2.45) is 5.41 Å². The number of likely N-dealkylation sites (tertiary alicyclic amines) is 1. The van der Waals surface area contributed by atoms with Crippen molar-refractivity contribution < 1.29 is 19.8 Å². The molecule has 1 spiro atoms. The van der Waals surface area contributed by atoms with Crippen molar-refractivity contribution >= 4 is 23.5 Å². The van der Waals surface area contributed by atoms with Crippen LogP contribution in [-0.2, 0) is 4.79 Å². The van der Waals surface area contributed by atoms with Crippen molar-refractivity contribution in [3.8, 4) is 0 Å². The minimum Gasteiger partial charge on any atom is -0.465 e. The van der Waals surface area contributed by atoms with Crippen LogP contribution in [0.4, 0.5) is 16.3 Å². The Kier molecular flexibility index (Phi) is 6.60. The van der Waals surface area contributed by atoms with Crippen molar-refractivity contribution in [3.05, 3.63) is 17.8 Å². The Bertz CT molecular complexity index is 854. The number of carboxylic acid groups (broad SMARTS) is 1. The number of aliphatic hydroxyl groups is 1. The average molecular weight is 445 g/mol. The highest BCUT2D eigenvalue weighted by molar-refractivity contribution is 5.87. The van der Waals surface area contributed by atoms with E-state index in [1.807, 2.05) is 19.9 Å². The summed E-state index contributed by atoms with van der Waals surface area (Å²) in [5.74, 6) is 1.12. The third-order valence-corrected chi connectivity index (χ3v) is 7.56. The molecule has 1 aromatic rings. The topological polar surface area (TPSA) is 97.2 Å². The summed E-state index contributed by atoms with van der Waals surface area (Å²) in [6, 6.07) is 2.16. The Balaban J connectivity index is 1.49. The van der Waals surface area contributed by atoms with E-state index in [1.54, 1.807) is 6.20 Å². The molecule has 8 nitrogen and oxygen atoms in total. The van der Waals surface area contributed by atoms with E-state index >= 15 is 0 Å². The van der Waals surface area contributed by atoms with Gasteiger partial charge in [-0.1, -0.05) is 6.92 Å². The molecule has 3 fully saturated rings. The molecule has 0 bridgehead atoms. The van der Waals surface area contributed by atoms with Gasteiger partial charge >= 0.3 is 6.09 Å². The SMILES string of the molecule is CCCN(C(=O)O)c1cnc(N2CCCC3(CCN([C@H]4CC[C@@H](O)CC4)C3=O)C2)c(C)c1. The largest absolute Gasteiger partial charge is 0.465 e. The van der Waals surface area contributed by atoms with Crippen LogP contribution in [0, 0.1) is 12.3 Å². The fourth-order valence-corrected chi connectivity index (χ4v) is 5.85. The summed E-state index contributed by atoms with van der Waals surface area (Å²) in [6.45, 7) is 6.69. The third kappa shape index (κ3) is 4.29. The van der Waals surface area contributed by atoms with Gasteiger partial charge in [0.15, 0.2) is 0 Å². The Morgan fingerprint density at radius 1 is 1.25 bits per heavy atom. The van der Waals surface area contributed by atoms with Gasteiger partial charge in [0, 0.05) is 32.2 Å². The molecule has 8 heteroatoms. The second kappa shape index (κ2) is 9.25. The number of hydrogen-bond acceptors (Lipinski definition) is 5. The third-order valence-electron chi connectivity index (χ3n) is 7.56. The molecule has 1 atom stereocenters. The van der Waals surface area contributed by atoms with E-state index in [-0.39, 0.29) is 23.5 Å². The lowest BCUT2D eigenvalue weighted by molar-refractivity contribution is -0.139. The van der Waals surface area contributed by atoms with E-state index in [0.29, 0.717) is 18.8 Å². The lowest BCUT2D eigenvalue weighted by Gasteiger charge is -2.41. The predicted molar refractivity (Wildman–Crippen MR) is 123 cm³/mol. The van der Waals surface area contributed by atoms with Crippen LogP contribution in [0.2, 0.25) is 0 Å². The van der Waals surface area contributed by atoms with Crippen molar-refractivity contribution in [1.29, 1.82) is 0 Å². The van der Waals surface area contributed by atoms with Crippen LogP contribution in [0.1, 0.15) is 63.9 Å². The minimum absolute atomic E-state index is 0.213. The number of aryl methyl sites for hydroxylation is 1. The second-order valence-corrected chi connectivity index (χ2v) is 9.78. The number of amides is 2. The zero-order valence-corrected chi connectivity index (χ0v) is 19.3. The first-order valence-electron chi connectivity index (χ1n) is 12.1. The Morgan fingerprint density at radius 3 is 2.66 bits per heavy atom. The Labute approximate surface area is 190 Å². The van der Waals surface area contributed by atoms with Crippen molar-refractivity contribution in [2.75, 3.05) is 36.0 Å². The smallest absolute Gasteiger partial charge is 0.411 e. The minimum atomic E-state index is -0.968. The van der Waals surface area contributed by atoms with Gasteiger partial charge in [0.05, 0.1) is 23.4 Å². The molecule has 2 saturated heterocycles. The normalized spacial score (nSPS) is 28.4. The highest BCUT2D eigenvalue weighted by Crippen LogP contribution is 2.43. The highest BCUT2D eigenvalue weighted by Gasteiger charge is 2.50. The molecule has 32 heavy (non-hydrogen) atoms. The second-order valence-electron chi connectivity index (χ2n) is 9.78. The summed E-state index contributed by atoms with van der Waals surface area (Å²) in [6.07, 6.45) is 7.30. The molecule has 1 saturated carbocycles. The van der Waals surface area contributed by atoms with Crippen LogP contribution in [-0.4, -0.2) is 70.4 Å². The molecular weight excluding hydrogens is 408 g/mol. The zero-order valence-electron chi connectivity index (χ0n) is 19.3. The molecular formula is C24H36N4O4. The van der Waals surface area contributed by atoms with Gasteiger partial charge in [-0.25, -0.2) is 9.78 Å². The van der Waals surface area contributed by atoms with Crippen LogP contribution >= 0.6 is 0 Å². The van der Waals surface area contributed by atoms with E-state index in [4.69, 9.17) is 0 Å². The predicted octanol–water partition coefficient (Wildman–Crippen LogP) is 3.41. The number of nitrogens with zero attached hydrogens (tertiary/aromatic N) is 4. The quantitative estimate of drug-likeness (QED) is 0.722. The van der Waals surface area contributed by atoms with Gasteiger partial charge in [-0.2, -0.15) is 0 Å². The van der Waals surface area contributed by atoms with E-state index < -0.39 is 6.09 Å². The number of pyridine rings is 1. The standard InChI is InChI=1S/C24H36N4O4/c1-3-11-28(23(31)32)19-14-17(2)21(25-15-19)26-12-4-9-24(16-26)10-13-27(22(24)30)18-5-7-20(29)8-6-18/h14-15,18,20,29H,3-13,16H2,1-2H3,(H,31,32)/t18-,20+,24?. The number of aromatic nitrogens is 1. The number of anilines is 2. The molecule has 0 radical (unpaired) electrons. The first kappa shape index (κ1) is 22.8. The summed E-state index contributed by atoms with van der Waals surface area (Å²) in [5, 5.41) is 19.3. The number of carbonyl (C=O) groups is 2. The van der Waals surface area contributed by atoms with Crippen molar-refractivity contribution in [3.63, 3.8) is 0 Å². The summed E-state index contributed by atoms with van der Waals surface area (Å²) in [5.41, 5.74) is 1.18. The molecule has 1 unspecified atom stereocenters. The van der Waals surface area contributed by atoms with E-state index in [0.717, 1.165) is 75.8 Å². The fourth-order valence-electron chi connectivity index (χ4n) is 5.85. The molecule has 0 aromatic carbocycles. The van der Waals surface area contributed by atoms with Gasteiger partial charge in [0.2, 0.25) is 5.91 Å². The number of hydrogen-bond donors (Lipinski definition) is 2. The Morgan fingerprint density at radius 2 is 2.00 bits per heavy atom. The molecule has 2 aliphatic heterocycles. The molecule has 176 valence electrons. The van der Waals surface area contributed by atoms with Gasteiger partial charge in [-0.15, -0.1) is 0 Å². The van der Waals surface area contributed by atoms with Gasteiger partial charge in [0.25, 0.3) is 0 Å². The number of piperidine rings is 1. The highest BCUT2D eigenvalue weighted by atomic mass is 16.4. The average Bonchev–Trinajstić information content (AvgIpc) is 3.07. The summed E-state index contributed by atoms with van der Waals surface area (Å²) >= 11 is 0. The molecule has 2 amide bonds. The number of aliphatic hydroxyl groups excluding tert-OH is 1. The van der Waals surface area contributed by atoms with E-state index in [2.05, 4.69) is 14.8 Å². The molecule has 3 heterocycles. The maximum Gasteiger partial charge on any atom is 0.411 e. The lowest BCUT2D eigenvalue weighted by atomic mass is 9.78. The Hall–Kier alpha value is -2.35. The molecule has 1 aliphatic carbocycles. The monoisotopic (exact) mass is 444 g/mol. The molecule has 4 rings (SSSR count). The maximum atomic E-state index is 13.6. The first-order chi connectivity index (χ1) is 15.3. The van der Waals surface area contributed by atoms with Crippen molar-refractivity contribution in [2.45, 2.75) is 77.4 Å². The van der Waals surface area contributed by atoms with Crippen LogP contribution in [0.15, 0.2) is 12.3 Å². The lowest BCUT2D eigenvalue weighted by Crippen LogP contribution is -2.50. The summed E-state index contributed by atoms with van der Waals surface area (Å²) in [7, 11) is 0.